The number of imidazole rings is 1. The first-order valence-corrected chi connectivity index (χ1v) is 26.6. The lowest BCUT2D eigenvalue weighted by atomic mass is 9.97. The number of phosphoric ester groups is 1. The standard InChI is InChI=1S/C48H86FN6O8P/c1-5-8-10-12-14-16-18-20-22-24-26-28-30-32-34-59-36-40(60-35-33-31-29-27-25-23-21-19-17-15-13-11-9-6-2)37-61-64(57,58)62-38-41-43(56)48(49,7-3)46(63-41)55-39-52-42-44(51-4)53-47(50)54-45(42)55/h3,39-41,43,46,56H,5-6,8-38H2,1-2,4H3,(H,57,58)(H3,50,51,53,54)/t40?,41-,43-,46-,48-/m1/s1. The number of hydrogen-bond acceptors (Lipinski definition) is 12. The fourth-order valence-electron chi connectivity index (χ4n) is 8.28. The molecule has 1 saturated heterocycles. The van der Waals surface area contributed by atoms with Gasteiger partial charge in [0.15, 0.2) is 23.2 Å². The summed E-state index contributed by atoms with van der Waals surface area (Å²) in [5.41, 5.74) is 3.46. The highest BCUT2D eigenvalue weighted by molar-refractivity contribution is 7.47. The number of rotatable bonds is 41. The number of hydrogen-bond donors (Lipinski definition) is 4. The molecule has 64 heavy (non-hydrogen) atoms. The average molecular weight is 925 g/mol. The lowest BCUT2D eigenvalue weighted by Crippen LogP contribution is -2.42. The molecule has 1 aliphatic heterocycles. The molecular formula is C48H86FN6O8P. The molecule has 0 radical (unpaired) electrons. The van der Waals surface area contributed by atoms with Crippen molar-refractivity contribution >= 4 is 30.8 Å². The van der Waals surface area contributed by atoms with Crippen molar-refractivity contribution in [2.75, 3.05) is 51.1 Å². The van der Waals surface area contributed by atoms with E-state index in [4.69, 9.17) is 35.4 Å². The number of terminal acetylenes is 1. The number of aromatic nitrogens is 4. The second-order valence-electron chi connectivity index (χ2n) is 17.7. The van der Waals surface area contributed by atoms with Gasteiger partial charge < -0.3 is 35.3 Å². The third-order valence-corrected chi connectivity index (χ3v) is 13.2. The number of alkyl halides is 1. The van der Waals surface area contributed by atoms with Crippen molar-refractivity contribution in [2.45, 2.75) is 224 Å². The van der Waals surface area contributed by atoms with Crippen molar-refractivity contribution < 1.29 is 42.2 Å². The smallest absolute Gasteiger partial charge is 0.386 e. The van der Waals surface area contributed by atoms with E-state index in [0.717, 1.165) is 32.1 Å². The molecule has 1 fully saturated rings. The summed E-state index contributed by atoms with van der Waals surface area (Å²) >= 11 is 0. The third kappa shape index (κ3) is 21.0. The molecular weight excluding hydrogens is 839 g/mol. The van der Waals surface area contributed by atoms with Gasteiger partial charge in [-0.25, -0.2) is 13.9 Å². The molecule has 1 aliphatic rings. The van der Waals surface area contributed by atoms with Gasteiger partial charge in [0.1, 0.15) is 18.3 Å². The first kappa shape index (κ1) is 55.9. The zero-order valence-electron chi connectivity index (χ0n) is 39.8. The number of nitrogens with zero attached hydrogens (tertiary/aromatic N) is 4. The van der Waals surface area contributed by atoms with Crippen LogP contribution in [-0.4, -0.2) is 93.6 Å². The molecule has 0 bridgehead atoms. The summed E-state index contributed by atoms with van der Waals surface area (Å²) < 4.78 is 59.1. The van der Waals surface area contributed by atoms with E-state index in [1.165, 1.54) is 159 Å². The summed E-state index contributed by atoms with van der Waals surface area (Å²) in [5.74, 6) is 2.17. The maximum absolute atomic E-state index is 16.3. The van der Waals surface area contributed by atoms with Crippen LogP contribution in [0, 0.1) is 12.3 Å². The molecule has 14 nitrogen and oxygen atoms in total. The summed E-state index contributed by atoms with van der Waals surface area (Å²) in [5, 5.41) is 13.8. The van der Waals surface area contributed by atoms with E-state index in [0.29, 0.717) is 19.0 Å². The van der Waals surface area contributed by atoms with Gasteiger partial charge >= 0.3 is 7.82 Å². The molecule has 16 heteroatoms. The van der Waals surface area contributed by atoms with Crippen LogP contribution in [-0.2, 0) is 27.8 Å². The molecule has 2 aromatic rings. The van der Waals surface area contributed by atoms with Gasteiger partial charge in [-0.15, -0.1) is 6.42 Å². The van der Waals surface area contributed by atoms with E-state index in [1.54, 1.807) is 7.05 Å². The van der Waals surface area contributed by atoms with E-state index < -0.39 is 44.6 Å². The Kier molecular flexibility index (Phi) is 28.9. The Labute approximate surface area is 385 Å². The minimum atomic E-state index is -4.73. The summed E-state index contributed by atoms with van der Waals surface area (Å²) in [7, 11) is -3.11. The van der Waals surface area contributed by atoms with Crippen LogP contribution in [0.1, 0.15) is 200 Å². The predicted molar refractivity (Wildman–Crippen MR) is 255 cm³/mol. The first-order valence-electron chi connectivity index (χ1n) is 25.1. The van der Waals surface area contributed by atoms with Crippen molar-refractivity contribution in [3.63, 3.8) is 0 Å². The molecule has 0 amide bonds. The summed E-state index contributed by atoms with van der Waals surface area (Å²) in [6.45, 7) is 4.76. The maximum Gasteiger partial charge on any atom is 0.472 e. The summed E-state index contributed by atoms with van der Waals surface area (Å²) in [6.07, 6.45) is 36.7. The van der Waals surface area contributed by atoms with Crippen LogP contribution < -0.4 is 11.1 Å². The number of fused-ring (bicyclic) bond motifs is 1. The van der Waals surface area contributed by atoms with Crippen LogP contribution in [0.5, 0.6) is 0 Å². The van der Waals surface area contributed by atoms with Crippen LogP contribution in [0.25, 0.3) is 11.2 Å². The highest BCUT2D eigenvalue weighted by atomic mass is 31.2. The predicted octanol–water partition coefficient (Wildman–Crippen LogP) is 11.5. The molecule has 6 atom stereocenters. The van der Waals surface area contributed by atoms with Crippen molar-refractivity contribution in [2.24, 2.45) is 0 Å². The molecule has 0 aromatic carbocycles. The Balaban J connectivity index is 1.41. The van der Waals surface area contributed by atoms with Crippen molar-refractivity contribution in [3.8, 4) is 12.3 Å². The summed E-state index contributed by atoms with van der Waals surface area (Å²) in [4.78, 5) is 23.2. The molecule has 0 saturated carbocycles. The van der Waals surface area contributed by atoms with Crippen LogP contribution in [0.15, 0.2) is 6.33 Å². The lowest BCUT2D eigenvalue weighted by Gasteiger charge is -2.23. The van der Waals surface area contributed by atoms with E-state index >= 15 is 4.39 Å². The number of nitrogens with one attached hydrogen (secondary N) is 1. The highest BCUT2D eigenvalue weighted by Crippen LogP contribution is 2.47. The maximum atomic E-state index is 16.3. The number of aliphatic hydroxyl groups excluding tert-OH is 1. The summed E-state index contributed by atoms with van der Waals surface area (Å²) in [6, 6.07) is 0. The zero-order valence-corrected chi connectivity index (χ0v) is 40.7. The van der Waals surface area contributed by atoms with Gasteiger partial charge in [0, 0.05) is 20.3 Å². The second kappa shape index (κ2) is 33.1. The quantitative estimate of drug-likeness (QED) is 0.0281. The number of unbranched alkanes of at least 4 members (excludes halogenated alkanes) is 26. The number of nitrogens with two attached hydrogens (primary N) is 1. The minimum Gasteiger partial charge on any atom is -0.386 e. The van der Waals surface area contributed by atoms with Gasteiger partial charge in [-0.05, 0) is 12.8 Å². The van der Waals surface area contributed by atoms with E-state index in [9.17, 15) is 14.6 Å². The van der Waals surface area contributed by atoms with E-state index in [-0.39, 0.29) is 30.3 Å². The number of ether oxygens (including phenoxy) is 3. The number of phosphoric acid groups is 1. The first-order chi connectivity index (χ1) is 31.1. The highest BCUT2D eigenvalue weighted by Gasteiger charge is 2.58. The Morgan fingerprint density at radius 2 is 1.30 bits per heavy atom. The van der Waals surface area contributed by atoms with Crippen molar-refractivity contribution in [1.29, 1.82) is 0 Å². The van der Waals surface area contributed by atoms with Gasteiger partial charge in [0.25, 0.3) is 0 Å². The lowest BCUT2D eigenvalue weighted by molar-refractivity contribution is -0.0586. The van der Waals surface area contributed by atoms with E-state index in [1.807, 2.05) is 5.92 Å². The van der Waals surface area contributed by atoms with Gasteiger partial charge in [0.2, 0.25) is 11.6 Å². The Morgan fingerprint density at radius 1 is 0.812 bits per heavy atom. The Bertz CT molecular complexity index is 1600. The molecule has 3 heterocycles. The molecule has 3 rings (SSSR count). The molecule has 368 valence electrons. The molecule has 2 aromatic heterocycles. The SMILES string of the molecule is C#C[C@@]1(F)[C@H](O)[C@@H](COP(=O)(O)OCC(COCCCCCCCCCCCCCCCC)OCCCCCCCCCCCCCCCC)O[C@H]1n1cnc2c(NC)nc(N)nc21. The normalized spacial score (nSPS) is 20.2. The number of nitrogen functional groups attached to an aromatic ring is 1. The Morgan fingerprint density at radius 3 is 1.78 bits per heavy atom. The fourth-order valence-corrected chi connectivity index (χ4v) is 9.04. The second-order valence-corrected chi connectivity index (χ2v) is 19.2. The van der Waals surface area contributed by atoms with Crippen LogP contribution in [0.2, 0.25) is 0 Å². The van der Waals surface area contributed by atoms with Gasteiger partial charge in [-0.1, -0.05) is 187 Å². The zero-order chi connectivity index (χ0) is 46.3. The minimum absolute atomic E-state index is 0.107. The molecule has 0 spiro atoms. The number of aliphatic hydroxyl groups is 1. The van der Waals surface area contributed by atoms with Gasteiger partial charge in [-0.2, -0.15) is 9.97 Å². The monoisotopic (exact) mass is 925 g/mol. The number of halogens is 1. The fraction of sp³-hybridized carbons (Fsp3) is 0.854. The van der Waals surface area contributed by atoms with Crippen LogP contribution in [0.4, 0.5) is 16.2 Å². The number of anilines is 2. The molecule has 2 unspecified atom stereocenters. The van der Waals surface area contributed by atoms with Crippen LogP contribution in [0.3, 0.4) is 0 Å². The van der Waals surface area contributed by atoms with Crippen molar-refractivity contribution in [3.05, 3.63) is 6.33 Å². The Hall–Kier alpha value is -2.41. The largest absolute Gasteiger partial charge is 0.472 e. The average Bonchev–Trinajstić information content (AvgIpc) is 3.82. The van der Waals surface area contributed by atoms with Crippen LogP contribution >= 0.6 is 7.82 Å². The van der Waals surface area contributed by atoms with Gasteiger partial charge in [0.05, 0.1) is 26.1 Å². The van der Waals surface area contributed by atoms with Gasteiger partial charge in [-0.3, -0.25) is 13.6 Å². The van der Waals surface area contributed by atoms with Crippen molar-refractivity contribution in [1.82, 2.24) is 19.5 Å². The third-order valence-electron chi connectivity index (χ3n) is 12.2. The molecule has 0 aliphatic carbocycles. The van der Waals surface area contributed by atoms with E-state index in [2.05, 4.69) is 34.1 Å². The molecule has 5 N–H and O–H groups in total. The topological polar surface area (TPSA) is 185 Å².